The van der Waals surface area contributed by atoms with E-state index in [2.05, 4.69) is 4.90 Å². The van der Waals surface area contributed by atoms with E-state index < -0.39 is 0 Å². The smallest absolute Gasteiger partial charge is 0.272 e. The van der Waals surface area contributed by atoms with Crippen LogP contribution < -0.4 is 5.73 Å². The van der Waals surface area contributed by atoms with Crippen molar-refractivity contribution in [2.45, 2.75) is 18.9 Å². The summed E-state index contributed by atoms with van der Waals surface area (Å²) < 4.78 is 0. The summed E-state index contributed by atoms with van der Waals surface area (Å²) in [6.07, 6.45) is 2.38. The second kappa shape index (κ2) is 5.09. The molecule has 3 N–H and O–H groups in total. The zero-order valence-electron chi connectivity index (χ0n) is 12.7. The zero-order chi connectivity index (χ0) is 15.3. The number of fused-ring (bicyclic) bond motifs is 2. The summed E-state index contributed by atoms with van der Waals surface area (Å²) in [7, 11) is 0. The molecule has 4 unspecified atom stereocenters. The summed E-state index contributed by atoms with van der Waals surface area (Å²) in [5.41, 5.74) is 7.03. The van der Waals surface area contributed by atoms with E-state index in [0.717, 1.165) is 13.1 Å². The second-order valence-corrected chi connectivity index (χ2v) is 6.79. The molecule has 5 heteroatoms. The molecule has 116 valence electrons. The van der Waals surface area contributed by atoms with Crippen molar-refractivity contribution in [3.05, 3.63) is 29.8 Å². The number of carbonyl (C=O) groups excluding carboxylic acids is 1. The number of likely N-dealkylation sites (tertiary alicyclic amines) is 1. The summed E-state index contributed by atoms with van der Waals surface area (Å²) in [5, 5.41) is 8.30. The van der Waals surface area contributed by atoms with Crippen molar-refractivity contribution in [3.8, 4) is 0 Å². The number of nitrogen functional groups attached to an aromatic ring is 1. The van der Waals surface area contributed by atoms with Gasteiger partial charge in [0.25, 0.3) is 5.91 Å². The van der Waals surface area contributed by atoms with Crippen LogP contribution in [0.25, 0.3) is 0 Å². The average molecular weight is 298 g/mol. The molecule has 4 aliphatic rings. The summed E-state index contributed by atoms with van der Waals surface area (Å²) >= 11 is 0. The standard InChI is InChI=1S/C17H22N4O/c18-14-4-2-1-3-13(14)16(19)17(22)21-9-11-5-7-20-8-6-12(11)15(21)10-20/h1-4,11-12,15,19H,5-10,18H2. The quantitative estimate of drug-likeness (QED) is 0.636. The number of amides is 1. The lowest BCUT2D eigenvalue weighted by Gasteiger charge is -2.37. The molecule has 4 atom stereocenters. The third-order valence-electron chi connectivity index (χ3n) is 5.68. The lowest BCUT2D eigenvalue weighted by molar-refractivity contribution is -0.126. The van der Waals surface area contributed by atoms with Crippen LogP contribution in [0, 0.1) is 17.2 Å². The minimum absolute atomic E-state index is 0.0372. The number of carbonyl (C=O) groups is 1. The van der Waals surface area contributed by atoms with Gasteiger partial charge < -0.3 is 15.5 Å². The van der Waals surface area contributed by atoms with Crippen LogP contribution in [0.5, 0.6) is 0 Å². The Bertz CT molecular complexity index is 629. The number of piperidine rings is 1. The van der Waals surface area contributed by atoms with E-state index in [1.807, 2.05) is 17.0 Å². The minimum atomic E-state index is -0.154. The van der Waals surface area contributed by atoms with E-state index in [1.54, 1.807) is 12.1 Å². The van der Waals surface area contributed by atoms with E-state index in [-0.39, 0.29) is 11.6 Å². The molecular formula is C17H22N4O. The molecule has 4 saturated heterocycles. The van der Waals surface area contributed by atoms with Crippen LogP contribution in [0.1, 0.15) is 18.4 Å². The van der Waals surface area contributed by atoms with Crippen LogP contribution in [-0.2, 0) is 4.79 Å². The molecule has 22 heavy (non-hydrogen) atoms. The topological polar surface area (TPSA) is 73.4 Å². The molecule has 4 bridgehead atoms. The maximum Gasteiger partial charge on any atom is 0.272 e. The number of hydrogen-bond acceptors (Lipinski definition) is 4. The highest BCUT2D eigenvalue weighted by Gasteiger charge is 2.48. The normalized spacial score (nSPS) is 32.8. The summed E-state index contributed by atoms with van der Waals surface area (Å²) in [4.78, 5) is 17.3. The van der Waals surface area contributed by atoms with Crippen molar-refractivity contribution in [1.29, 1.82) is 5.41 Å². The van der Waals surface area contributed by atoms with Crippen LogP contribution in [0.3, 0.4) is 0 Å². The molecule has 5 rings (SSSR count). The Morgan fingerprint density at radius 3 is 2.77 bits per heavy atom. The maximum absolute atomic E-state index is 12.9. The fourth-order valence-corrected chi connectivity index (χ4v) is 4.49. The van der Waals surface area contributed by atoms with Gasteiger partial charge in [0, 0.05) is 30.4 Å². The highest BCUT2D eigenvalue weighted by Crippen LogP contribution is 2.41. The van der Waals surface area contributed by atoms with Gasteiger partial charge in [0.15, 0.2) is 0 Å². The first-order chi connectivity index (χ1) is 10.6. The van der Waals surface area contributed by atoms with Crippen molar-refractivity contribution in [2.24, 2.45) is 11.8 Å². The van der Waals surface area contributed by atoms with Gasteiger partial charge in [-0.2, -0.15) is 0 Å². The van der Waals surface area contributed by atoms with Gasteiger partial charge >= 0.3 is 0 Å². The minimum Gasteiger partial charge on any atom is -0.398 e. The Morgan fingerprint density at radius 1 is 1.18 bits per heavy atom. The fraction of sp³-hybridized carbons (Fsp3) is 0.529. The van der Waals surface area contributed by atoms with Crippen LogP contribution in [-0.4, -0.2) is 53.6 Å². The third-order valence-corrected chi connectivity index (χ3v) is 5.68. The molecule has 0 saturated carbocycles. The molecule has 0 radical (unpaired) electrons. The molecule has 4 heterocycles. The van der Waals surface area contributed by atoms with E-state index in [4.69, 9.17) is 11.1 Å². The summed E-state index contributed by atoms with van der Waals surface area (Å²) in [6.45, 7) is 4.13. The van der Waals surface area contributed by atoms with E-state index in [1.165, 1.54) is 25.9 Å². The number of para-hydroxylation sites is 1. The van der Waals surface area contributed by atoms with Gasteiger partial charge in [-0.25, -0.2) is 0 Å². The lowest BCUT2D eigenvalue weighted by Crippen LogP contribution is -2.51. The van der Waals surface area contributed by atoms with Crippen LogP contribution in [0.2, 0.25) is 0 Å². The lowest BCUT2D eigenvalue weighted by atomic mass is 9.86. The molecule has 4 aliphatic heterocycles. The molecule has 1 aromatic rings. The summed E-state index contributed by atoms with van der Waals surface area (Å²) in [5.74, 6) is 1.09. The number of benzene rings is 1. The van der Waals surface area contributed by atoms with Crippen molar-refractivity contribution < 1.29 is 4.79 Å². The Labute approximate surface area is 130 Å². The van der Waals surface area contributed by atoms with Crippen LogP contribution in [0.4, 0.5) is 5.69 Å². The van der Waals surface area contributed by atoms with E-state index >= 15 is 0 Å². The highest BCUT2D eigenvalue weighted by molar-refractivity contribution is 6.45. The Kier molecular flexibility index (Phi) is 3.18. The van der Waals surface area contributed by atoms with Gasteiger partial charge in [-0.05, 0) is 43.8 Å². The van der Waals surface area contributed by atoms with Crippen molar-refractivity contribution in [3.63, 3.8) is 0 Å². The van der Waals surface area contributed by atoms with Crippen LogP contribution in [0.15, 0.2) is 24.3 Å². The van der Waals surface area contributed by atoms with E-state index in [9.17, 15) is 4.79 Å². The predicted octanol–water partition coefficient (Wildman–Crippen LogP) is 1.19. The van der Waals surface area contributed by atoms with Gasteiger partial charge in [-0.3, -0.25) is 10.2 Å². The number of anilines is 1. The molecule has 0 aromatic heterocycles. The third kappa shape index (κ3) is 2.03. The highest BCUT2D eigenvalue weighted by atomic mass is 16.2. The van der Waals surface area contributed by atoms with Crippen molar-refractivity contribution >= 4 is 17.3 Å². The molecule has 1 amide bonds. The first-order valence-electron chi connectivity index (χ1n) is 8.12. The number of rotatable bonds is 2. The Balaban J connectivity index is 1.59. The van der Waals surface area contributed by atoms with Gasteiger partial charge in [0.1, 0.15) is 5.71 Å². The first-order valence-corrected chi connectivity index (χ1v) is 8.12. The van der Waals surface area contributed by atoms with Crippen molar-refractivity contribution in [2.75, 3.05) is 31.9 Å². The number of hydrogen-bond donors (Lipinski definition) is 2. The molecular weight excluding hydrogens is 276 g/mol. The number of nitrogens with one attached hydrogen (secondary N) is 1. The van der Waals surface area contributed by atoms with Gasteiger partial charge in [-0.1, -0.05) is 18.2 Å². The molecule has 4 fully saturated rings. The van der Waals surface area contributed by atoms with Gasteiger partial charge in [-0.15, -0.1) is 0 Å². The summed E-state index contributed by atoms with van der Waals surface area (Å²) in [6, 6.07) is 7.46. The van der Waals surface area contributed by atoms with Gasteiger partial charge in [0.2, 0.25) is 0 Å². The fourth-order valence-electron chi connectivity index (χ4n) is 4.49. The van der Waals surface area contributed by atoms with Crippen molar-refractivity contribution in [1.82, 2.24) is 9.80 Å². The molecule has 1 aromatic carbocycles. The van der Waals surface area contributed by atoms with E-state index in [0.29, 0.717) is 29.1 Å². The molecule has 0 spiro atoms. The SMILES string of the molecule is N=C(C(=O)N1CC2CCN3CCC2C1C3)c1ccccc1N. The van der Waals surface area contributed by atoms with Gasteiger partial charge in [0.05, 0.1) is 0 Å². The monoisotopic (exact) mass is 298 g/mol. The zero-order valence-corrected chi connectivity index (χ0v) is 12.7. The average Bonchev–Trinajstić information content (AvgIpc) is 2.65. The molecule has 5 nitrogen and oxygen atoms in total. The van der Waals surface area contributed by atoms with Crippen LogP contribution >= 0.6 is 0 Å². The number of nitrogens with zero attached hydrogens (tertiary/aromatic N) is 2. The predicted molar refractivity (Wildman–Crippen MR) is 85.8 cm³/mol. The maximum atomic E-state index is 12.9. The molecule has 0 aliphatic carbocycles. The largest absolute Gasteiger partial charge is 0.398 e. The second-order valence-electron chi connectivity index (χ2n) is 6.79. The Morgan fingerprint density at radius 2 is 1.95 bits per heavy atom. The first kappa shape index (κ1) is 13.8. The Hall–Kier alpha value is -1.88. The number of nitrogens with two attached hydrogens (primary N) is 1.